The number of ether oxygens (including phenoxy) is 3. The van der Waals surface area contributed by atoms with Gasteiger partial charge in [0.25, 0.3) is 5.79 Å². The Morgan fingerprint density at radius 3 is 2.74 bits per heavy atom. The van der Waals surface area contributed by atoms with Crippen molar-refractivity contribution < 1.29 is 37.3 Å². The van der Waals surface area contributed by atoms with Gasteiger partial charge in [-0.05, 0) is 25.0 Å². The summed E-state index contributed by atoms with van der Waals surface area (Å²) >= 11 is 0. The van der Waals surface area contributed by atoms with Crippen LogP contribution in [0.4, 0.5) is 13.2 Å². The average Bonchev–Trinajstić information content (AvgIpc) is 2.92. The van der Waals surface area contributed by atoms with Gasteiger partial charge in [0, 0.05) is 24.1 Å². The smallest absolute Gasteiger partial charge is 0.444 e. The molecule has 2 atom stereocenters. The standard InChI is InChI=1S/C18H20F3NO5/c1-3-26-15(23)16(10-25-11-27-17(16,24)18(19,20)21)8-12-9-22(2)14-7-5-4-6-13(12)14/h4-7,9,24H,3,8,10-11H2,1-2H3/t16-,17+/m0/s1. The molecule has 0 saturated carbocycles. The number of carbonyl (C=O) groups excluding carboxylic acids is 1. The lowest BCUT2D eigenvalue weighted by Crippen LogP contribution is -2.68. The second kappa shape index (κ2) is 6.81. The molecule has 1 fully saturated rings. The SMILES string of the molecule is CCOC(=O)[C@]1(Cc2cn(C)c3ccccc23)COCO[C@@]1(O)C(F)(F)F. The highest BCUT2D eigenvalue weighted by atomic mass is 19.4. The molecule has 2 heterocycles. The fourth-order valence-corrected chi connectivity index (χ4v) is 3.53. The van der Waals surface area contributed by atoms with E-state index in [0.29, 0.717) is 10.9 Å². The summed E-state index contributed by atoms with van der Waals surface area (Å²) in [6.07, 6.45) is -4.08. The maximum Gasteiger partial charge on any atom is 0.444 e. The predicted octanol–water partition coefficient (Wildman–Crippen LogP) is 2.53. The molecular formula is C18H20F3NO5. The van der Waals surface area contributed by atoms with Gasteiger partial charge >= 0.3 is 12.1 Å². The highest BCUT2D eigenvalue weighted by molar-refractivity contribution is 5.86. The van der Waals surface area contributed by atoms with Crippen LogP contribution in [0.15, 0.2) is 30.5 Å². The van der Waals surface area contributed by atoms with Gasteiger partial charge in [0.15, 0.2) is 12.2 Å². The minimum atomic E-state index is -5.23. The van der Waals surface area contributed by atoms with E-state index in [1.54, 1.807) is 42.1 Å². The highest BCUT2D eigenvalue weighted by Gasteiger charge is 2.73. The number of benzene rings is 1. The minimum Gasteiger partial charge on any atom is -0.465 e. The molecule has 1 aliphatic rings. The van der Waals surface area contributed by atoms with Gasteiger partial charge in [-0.15, -0.1) is 0 Å². The number of aliphatic hydroxyl groups is 1. The molecule has 3 rings (SSSR count). The van der Waals surface area contributed by atoms with Crippen LogP contribution in [-0.2, 0) is 32.5 Å². The summed E-state index contributed by atoms with van der Waals surface area (Å²) in [7, 11) is 1.74. The first-order valence-electron chi connectivity index (χ1n) is 8.37. The topological polar surface area (TPSA) is 69.9 Å². The zero-order valence-electron chi connectivity index (χ0n) is 14.9. The summed E-state index contributed by atoms with van der Waals surface area (Å²) in [6, 6.07) is 7.08. The van der Waals surface area contributed by atoms with Gasteiger partial charge in [-0.3, -0.25) is 4.79 Å². The molecule has 9 heteroatoms. The third-order valence-corrected chi connectivity index (χ3v) is 4.87. The van der Waals surface area contributed by atoms with Crippen molar-refractivity contribution in [2.45, 2.75) is 25.3 Å². The van der Waals surface area contributed by atoms with Crippen LogP contribution in [0.25, 0.3) is 10.9 Å². The van der Waals surface area contributed by atoms with Crippen LogP contribution in [-0.4, -0.2) is 47.6 Å². The molecule has 1 N–H and O–H groups in total. The van der Waals surface area contributed by atoms with Crippen LogP contribution in [0, 0.1) is 5.41 Å². The number of fused-ring (bicyclic) bond motifs is 1. The Morgan fingerprint density at radius 1 is 1.37 bits per heavy atom. The van der Waals surface area contributed by atoms with Crippen LogP contribution >= 0.6 is 0 Å². The summed E-state index contributed by atoms with van der Waals surface area (Å²) in [5.74, 6) is -4.96. The lowest BCUT2D eigenvalue weighted by molar-refractivity contribution is -0.442. The Morgan fingerprint density at radius 2 is 2.07 bits per heavy atom. The minimum absolute atomic E-state index is 0.149. The van der Waals surface area contributed by atoms with Crippen molar-refractivity contribution in [2.75, 3.05) is 20.0 Å². The van der Waals surface area contributed by atoms with E-state index in [2.05, 4.69) is 4.74 Å². The number of hydrogen-bond donors (Lipinski definition) is 1. The predicted molar refractivity (Wildman–Crippen MR) is 88.6 cm³/mol. The Labute approximate surface area is 153 Å². The summed E-state index contributed by atoms with van der Waals surface area (Å²) in [4.78, 5) is 12.7. The molecule has 1 aromatic heterocycles. The lowest BCUT2D eigenvalue weighted by atomic mass is 9.73. The number of carbonyl (C=O) groups is 1. The summed E-state index contributed by atoms with van der Waals surface area (Å²) < 4.78 is 57.7. The molecule has 1 aliphatic heterocycles. The van der Waals surface area contributed by atoms with E-state index in [4.69, 9.17) is 9.47 Å². The third-order valence-electron chi connectivity index (χ3n) is 4.87. The van der Waals surface area contributed by atoms with Crippen LogP contribution < -0.4 is 0 Å². The fraction of sp³-hybridized carbons (Fsp3) is 0.500. The van der Waals surface area contributed by atoms with Gasteiger partial charge in [-0.2, -0.15) is 13.2 Å². The largest absolute Gasteiger partial charge is 0.465 e. The quantitative estimate of drug-likeness (QED) is 0.817. The average molecular weight is 387 g/mol. The second-order valence-corrected chi connectivity index (χ2v) is 6.51. The van der Waals surface area contributed by atoms with Crippen molar-refractivity contribution in [1.29, 1.82) is 0 Å². The second-order valence-electron chi connectivity index (χ2n) is 6.51. The molecule has 1 aromatic carbocycles. The number of nitrogens with zero attached hydrogens (tertiary/aromatic N) is 1. The number of aryl methyl sites for hydroxylation is 1. The van der Waals surface area contributed by atoms with Crippen molar-refractivity contribution in [3.8, 4) is 0 Å². The molecule has 2 aromatic rings. The van der Waals surface area contributed by atoms with E-state index in [-0.39, 0.29) is 6.61 Å². The first-order chi connectivity index (χ1) is 12.7. The van der Waals surface area contributed by atoms with E-state index < -0.39 is 43.2 Å². The molecule has 0 bridgehead atoms. The van der Waals surface area contributed by atoms with Crippen LogP contribution in [0.1, 0.15) is 12.5 Å². The zero-order valence-corrected chi connectivity index (χ0v) is 14.9. The van der Waals surface area contributed by atoms with Crippen molar-refractivity contribution >= 4 is 16.9 Å². The lowest BCUT2D eigenvalue weighted by Gasteiger charge is -2.47. The van der Waals surface area contributed by atoms with Crippen molar-refractivity contribution in [3.05, 3.63) is 36.0 Å². The number of aromatic nitrogens is 1. The van der Waals surface area contributed by atoms with E-state index in [1.807, 2.05) is 0 Å². The van der Waals surface area contributed by atoms with Crippen molar-refractivity contribution in [2.24, 2.45) is 12.5 Å². The van der Waals surface area contributed by atoms with Crippen LogP contribution in [0.2, 0.25) is 0 Å². The number of halogens is 3. The van der Waals surface area contributed by atoms with Crippen molar-refractivity contribution in [3.63, 3.8) is 0 Å². The molecule has 27 heavy (non-hydrogen) atoms. The third kappa shape index (κ3) is 2.99. The Kier molecular flexibility index (Phi) is 4.96. The molecular weight excluding hydrogens is 367 g/mol. The molecule has 0 radical (unpaired) electrons. The van der Waals surface area contributed by atoms with Crippen LogP contribution in [0.3, 0.4) is 0 Å². The van der Waals surface area contributed by atoms with Gasteiger partial charge in [0.2, 0.25) is 0 Å². The Bertz CT molecular complexity index is 849. The summed E-state index contributed by atoms with van der Waals surface area (Å²) in [5, 5.41) is 11.2. The number of para-hydroxylation sites is 1. The number of alkyl halides is 3. The summed E-state index contributed by atoms with van der Waals surface area (Å²) in [6.45, 7) is -0.150. The zero-order chi connectivity index (χ0) is 19.9. The Hall–Kier alpha value is -2.10. The number of rotatable bonds is 4. The first-order valence-corrected chi connectivity index (χ1v) is 8.37. The fourth-order valence-electron chi connectivity index (χ4n) is 3.53. The molecule has 0 spiro atoms. The van der Waals surface area contributed by atoms with Gasteiger partial charge in [-0.1, -0.05) is 18.2 Å². The maximum atomic E-state index is 13.8. The molecule has 0 unspecified atom stereocenters. The number of esters is 1. The highest BCUT2D eigenvalue weighted by Crippen LogP contribution is 2.50. The van der Waals surface area contributed by atoms with E-state index in [9.17, 15) is 23.1 Å². The van der Waals surface area contributed by atoms with Crippen molar-refractivity contribution in [1.82, 2.24) is 4.57 Å². The van der Waals surface area contributed by atoms with E-state index in [0.717, 1.165) is 5.52 Å². The molecule has 0 amide bonds. The van der Waals surface area contributed by atoms with Crippen LogP contribution in [0.5, 0.6) is 0 Å². The van der Waals surface area contributed by atoms with Gasteiger partial charge in [0.05, 0.1) is 13.2 Å². The monoisotopic (exact) mass is 387 g/mol. The Balaban J connectivity index is 2.17. The van der Waals surface area contributed by atoms with Gasteiger partial charge in [0.1, 0.15) is 0 Å². The molecule has 0 aliphatic carbocycles. The van der Waals surface area contributed by atoms with Gasteiger partial charge in [-0.25, -0.2) is 0 Å². The molecule has 6 nitrogen and oxygen atoms in total. The van der Waals surface area contributed by atoms with Gasteiger partial charge < -0.3 is 23.9 Å². The molecule has 1 saturated heterocycles. The first kappa shape index (κ1) is 19.7. The normalized spacial score (nSPS) is 26.3. The van der Waals surface area contributed by atoms with E-state index in [1.165, 1.54) is 6.92 Å². The number of hydrogen-bond acceptors (Lipinski definition) is 5. The maximum absolute atomic E-state index is 13.8. The summed E-state index contributed by atoms with van der Waals surface area (Å²) in [5.41, 5.74) is -1.28. The van der Waals surface area contributed by atoms with E-state index >= 15 is 0 Å². The molecule has 148 valence electrons.